The van der Waals surface area contributed by atoms with Crippen molar-refractivity contribution >= 4 is 17.2 Å². The fourth-order valence-corrected chi connectivity index (χ4v) is 3.80. The Hall–Kier alpha value is -2.51. The summed E-state index contributed by atoms with van der Waals surface area (Å²) in [7, 11) is 0. The van der Waals surface area contributed by atoms with Gasteiger partial charge in [0.15, 0.2) is 0 Å². The molecule has 3 aromatic rings. The minimum absolute atomic E-state index is 0.0853. The van der Waals surface area contributed by atoms with E-state index in [1.807, 2.05) is 12.3 Å². The molecule has 0 saturated heterocycles. The first-order chi connectivity index (χ1) is 13.6. The average molecular weight is 398 g/mol. The Morgan fingerprint density at radius 3 is 2.64 bits per heavy atom. The number of carbonyl (C=O) groups excluding carboxylic acids is 1. The van der Waals surface area contributed by atoms with Crippen molar-refractivity contribution in [2.75, 3.05) is 13.1 Å². The van der Waals surface area contributed by atoms with Crippen molar-refractivity contribution in [2.45, 2.75) is 39.5 Å². The standard InChI is InChI=1S/C21H27N5OS/c1-15-7-9-17(10-8-15)19-14-28-21(25-19)26-16(2)18(13-24-26)20(27)23-12-6-4-3-5-11-22/h7-10,13-14H,3-6,11-12,22H2,1-2H3,(H,23,27). The molecule has 148 valence electrons. The second-order valence-electron chi connectivity index (χ2n) is 6.90. The van der Waals surface area contributed by atoms with Gasteiger partial charge in [-0.15, -0.1) is 11.3 Å². The van der Waals surface area contributed by atoms with Crippen molar-refractivity contribution in [1.29, 1.82) is 0 Å². The molecule has 0 bridgehead atoms. The van der Waals surface area contributed by atoms with Crippen LogP contribution < -0.4 is 11.1 Å². The van der Waals surface area contributed by atoms with E-state index >= 15 is 0 Å². The summed E-state index contributed by atoms with van der Waals surface area (Å²) in [6.45, 7) is 5.36. The molecule has 0 aliphatic carbocycles. The fourth-order valence-electron chi connectivity index (χ4n) is 2.96. The molecule has 6 nitrogen and oxygen atoms in total. The molecule has 2 heterocycles. The topological polar surface area (TPSA) is 85.8 Å². The number of nitrogens with one attached hydrogen (secondary N) is 1. The van der Waals surface area contributed by atoms with Crippen LogP contribution in [0.4, 0.5) is 0 Å². The summed E-state index contributed by atoms with van der Waals surface area (Å²) < 4.78 is 1.73. The lowest BCUT2D eigenvalue weighted by atomic mass is 10.1. The third-order valence-corrected chi connectivity index (χ3v) is 5.51. The predicted molar refractivity (Wildman–Crippen MR) is 114 cm³/mol. The molecular weight excluding hydrogens is 370 g/mol. The van der Waals surface area contributed by atoms with E-state index in [0.717, 1.165) is 54.3 Å². The number of aryl methyl sites for hydroxylation is 1. The molecule has 0 aliphatic rings. The van der Waals surface area contributed by atoms with Crippen molar-refractivity contribution in [3.05, 3.63) is 52.7 Å². The Morgan fingerprint density at radius 1 is 1.14 bits per heavy atom. The SMILES string of the molecule is Cc1ccc(-c2csc(-n3ncc(C(=O)NCCCCCCN)c3C)n2)cc1. The number of carbonyl (C=O) groups is 1. The van der Waals surface area contributed by atoms with Gasteiger partial charge in [-0.1, -0.05) is 42.7 Å². The van der Waals surface area contributed by atoms with Crippen LogP contribution in [0.1, 0.15) is 47.3 Å². The zero-order valence-corrected chi connectivity index (χ0v) is 17.3. The zero-order chi connectivity index (χ0) is 19.9. The summed E-state index contributed by atoms with van der Waals surface area (Å²) >= 11 is 1.52. The first-order valence-electron chi connectivity index (χ1n) is 9.66. The van der Waals surface area contributed by atoms with Crippen molar-refractivity contribution in [3.8, 4) is 16.4 Å². The number of rotatable bonds is 9. The third kappa shape index (κ3) is 4.85. The van der Waals surface area contributed by atoms with E-state index in [4.69, 9.17) is 10.7 Å². The Kier molecular flexibility index (Phi) is 6.95. The van der Waals surface area contributed by atoms with Crippen LogP contribution in [0, 0.1) is 13.8 Å². The maximum absolute atomic E-state index is 12.5. The molecule has 0 radical (unpaired) electrons. The van der Waals surface area contributed by atoms with Gasteiger partial charge in [-0.25, -0.2) is 9.67 Å². The van der Waals surface area contributed by atoms with E-state index in [9.17, 15) is 4.79 Å². The maximum Gasteiger partial charge on any atom is 0.254 e. The van der Waals surface area contributed by atoms with Crippen molar-refractivity contribution < 1.29 is 4.79 Å². The first-order valence-corrected chi connectivity index (χ1v) is 10.5. The van der Waals surface area contributed by atoms with Crippen LogP contribution in [0.3, 0.4) is 0 Å². The van der Waals surface area contributed by atoms with E-state index < -0.39 is 0 Å². The molecule has 0 saturated carbocycles. The maximum atomic E-state index is 12.5. The summed E-state index contributed by atoms with van der Waals surface area (Å²) in [5, 5.41) is 10.1. The molecule has 3 rings (SSSR count). The molecule has 1 amide bonds. The van der Waals surface area contributed by atoms with Gasteiger partial charge in [0.1, 0.15) is 0 Å². The van der Waals surface area contributed by atoms with Gasteiger partial charge in [-0.2, -0.15) is 5.10 Å². The number of hydrogen-bond donors (Lipinski definition) is 2. The van der Waals surface area contributed by atoms with Gasteiger partial charge in [-0.05, 0) is 33.2 Å². The summed E-state index contributed by atoms with van der Waals surface area (Å²) in [5.41, 5.74) is 10.1. The number of benzene rings is 1. The molecule has 7 heteroatoms. The van der Waals surface area contributed by atoms with Gasteiger partial charge in [0.25, 0.3) is 5.91 Å². The molecule has 2 aromatic heterocycles. The van der Waals surface area contributed by atoms with Crippen LogP contribution in [0.25, 0.3) is 16.4 Å². The molecular formula is C21H27N5OS. The fraction of sp³-hybridized carbons (Fsp3) is 0.381. The van der Waals surface area contributed by atoms with E-state index in [0.29, 0.717) is 12.1 Å². The number of thiazole rings is 1. The van der Waals surface area contributed by atoms with Gasteiger partial charge >= 0.3 is 0 Å². The van der Waals surface area contributed by atoms with Crippen molar-refractivity contribution in [3.63, 3.8) is 0 Å². The lowest BCUT2D eigenvalue weighted by Gasteiger charge is -2.05. The Morgan fingerprint density at radius 2 is 1.89 bits per heavy atom. The minimum Gasteiger partial charge on any atom is -0.352 e. The van der Waals surface area contributed by atoms with Gasteiger partial charge in [-0.3, -0.25) is 4.79 Å². The summed E-state index contributed by atoms with van der Waals surface area (Å²) in [4.78, 5) is 17.2. The number of amides is 1. The molecule has 0 fully saturated rings. The zero-order valence-electron chi connectivity index (χ0n) is 16.4. The van der Waals surface area contributed by atoms with Crippen LogP contribution in [-0.4, -0.2) is 33.8 Å². The average Bonchev–Trinajstić information content (AvgIpc) is 3.32. The Labute approximate surface area is 169 Å². The van der Waals surface area contributed by atoms with Gasteiger partial charge in [0, 0.05) is 17.5 Å². The van der Waals surface area contributed by atoms with Crippen LogP contribution in [-0.2, 0) is 0 Å². The van der Waals surface area contributed by atoms with E-state index in [-0.39, 0.29) is 5.91 Å². The highest BCUT2D eigenvalue weighted by Gasteiger charge is 2.17. The highest BCUT2D eigenvalue weighted by molar-refractivity contribution is 7.12. The van der Waals surface area contributed by atoms with Crippen LogP contribution in [0.2, 0.25) is 0 Å². The smallest absolute Gasteiger partial charge is 0.254 e. The van der Waals surface area contributed by atoms with E-state index in [1.54, 1.807) is 10.9 Å². The Bertz CT molecular complexity index is 913. The summed E-state index contributed by atoms with van der Waals surface area (Å²) in [6.07, 6.45) is 5.81. The number of hydrogen-bond acceptors (Lipinski definition) is 5. The third-order valence-electron chi connectivity index (χ3n) is 4.69. The van der Waals surface area contributed by atoms with E-state index in [2.05, 4.69) is 41.6 Å². The lowest BCUT2D eigenvalue weighted by Crippen LogP contribution is -2.24. The quantitative estimate of drug-likeness (QED) is 0.537. The molecule has 0 unspecified atom stereocenters. The van der Waals surface area contributed by atoms with Crippen LogP contribution >= 0.6 is 11.3 Å². The Balaban J connectivity index is 1.64. The summed E-state index contributed by atoms with van der Waals surface area (Å²) in [5.74, 6) is -0.0853. The number of unbranched alkanes of at least 4 members (excludes halogenated alkanes) is 3. The van der Waals surface area contributed by atoms with Gasteiger partial charge in [0.05, 0.1) is 23.1 Å². The van der Waals surface area contributed by atoms with Crippen molar-refractivity contribution in [1.82, 2.24) is 20.1 Å². The number of nitrogens with two attached hydrogens (primary N) is 1. The second kappa shape index (κ2) is 9.61. The predicted octanol–water partition coefficient (Wildman–Crippen LogP) is 3.86. The van der Waals surface area contributed by atoms with Crippen molar-refractivity contribution in [2.24, 2.45) is 5.73 Å². The second-order valence-corrected chi connectivity index (χ2v) is 7.73. The molecule has 3 N–H and O–H groups in total. The lowest BCUT2D eigenvalue weighted by molar-refractivity contribution is 0.0952. The monoisotopic (exact) mass is 397 g/mol. The highest BCUT2D eigenvalue weighted by atomic mass is 32.1. The molecule has 0 atom stereocenters. The largest absolute Gasteiger partial charge is 0.352 e. The van der Waals surface area contributed by atoms with E-state index in [1.165, 1.54) is 16.9 Å². The molecule has 1 aromatic carbocycles. The molecule has 28 heavy (non-hydrogen) atoms. The van der Waals surface area contributed by atoms with Gasteiger partial charge < -0.3 is 11.1 Å². The number of nitrogens with zero attached hydrogens (tertiary/aromatic N) is 3. The normalized spacial score (nSPS) is 11.0. The molecule has 0 aliphatic heterocycles. The minimum atomic E-state index is -0.0853. The number of aromatic nitrogens is 3. The van der Waals surface area contributed by atoms with Crippen LogP contribution in [0.15, 0.2) is 35.8 Å². The highest BCUT2D eigenvalue weighted by Crippen LogP contribution is 2.25. The first kappa shape index (κ1) is 20.2. The van der Waals surface area contributed by atoms with Gasteiger partial charge in [0.2, 0.25) is 5.13 Å². The summed E-state index contributed by atoms with van der Waals surface area (Å²) in [6, 6.07) is 8.28. The van der Waals surface area contributed by atoms with Crippen LogP contribution in [0.5, 0.6) is 0 Å². The molecule has 0 spiro atoms.